The van der Waals surface area contributed by atoms with Gasteiger partial charge in [0.15, 0.2) is 9.84 Å². The summed E-state index contributed by atoms with van der Waals surface area (Å²) in [6.07, 6.45) is 7.53. The maximum atomic E-state index is 11.9. The van der Waals surface area contributed by atoms with Gasteiger partial charge in [-0.15, -0.1) is 0 Å². The lowest BCUT2D eigenvalue weighted by atomic mass is 10.1. The molecule has 0 spiro atoms. The molecule has 2 aromatic rings. The summed E-state index contributed by atoms with van der Waals surface area (Å²) in [6, 6.07) is 1.25. The van der Waals surface area contributed by atoms with Crippen molar-refractivity contribution in [1.82, 2.24) is 25.4 Å². The number of nitrogens with one attached hydrogen (secondary N) is 2. The molecule has 0 bridgehead atoms. The standard InChI is InChI=1S/C15H19N5O3S/c1-20-9-13(8-18-20)12-4-11(5-16-7-12)6-17-15(21)19-14-2-3-24(22,23)10-14/h4-5,7-9,14H,2-3,6,10H2,1H3,(H2,17,19,21). The van der Waals surface area contributed by atoms with Gasteiger partial charge in [-0.25, -0.2) is 13.2 Å². The highest BCUT2D eigenvalue weighted by molar-refractivity contribution is 7.91. The summed E-state index contributed by atoms with van der Waals surface area (Å²) in [4.78, 5) is 16.1. The molecule has 1 aliphatic rings. The van der Waals surface area contributed by atoms with Crippen LogP contribution in [0.4, 0.5) is 4.79 Å². The van der Waals surface area contributed by atoms with Crippen LogP contribution in [0.2, 0.25) is 0 Å². The molecule has 0 radical (unpaired) electrons. The Kier molecular flexibility index (Phi) is 4.52. The quantitative estimate of drug-likeness (QED) is 0.834. The van der Waals surface area contributed by atoms with Crippen LogP contribution in [0.3, 0.4) is 0 Å². The second kappa shape index (κ2) is 6.60. The predicted octanol–water partition coefficient (Wildman–Crippen LogP) is 0.468. The highest BCUT2D eigenvalue weighted by Crippen LogP contribution is 2.18. The first-order valence-electron chi connectivity index (χ1n) is 7.59. The number of sulfone groups is 1. The Morgan fingerprint density at radius 2 is 2.17 bits per heavy atom. The Hall–Kier alpha value is -2.42. The normalized spacial score (nSPS) is 19.1. The Morgan fingerprint density at radius 3 is 2.83 bits per heavy atom. The molecule has 1 atom stereocenters. The first kappa shape index (κ1) is 16.4. The summed E-state index contributed by atoms with van der Waals surface area (Å²) in [5.74, 6) is 0.146. The second-order valence-electron chi connectivity index (χ2n) is 5.91. The van der Waals surface area contributed by atoms with Crippen molar-refractivity contribution < 1.29 is 13.2 Å². The van der Waals surface area contributed by atoms with E-state index in [9.17, 15) is 13.2 Å². The van der Waals surface area contributed by atoms with E-state index in [4.69, 9.17) is 0 Å². The summed E-state index contributed by atoms with van der Waals surface area (Å²) in [6.45, 7) is 0.312. The molecule has 0 saturated carbocycles. The molecule has 1 saturated heterocycles. The fraction of sp³-hybridized carbons (Fsp3) is 0.400. The smallest absolute Gasteiger partial charge is 0.315 e. The number of carbonyl (C=O) groups is 1. The summed E-state index contributed by atoms with van der Waals surface area (Å²) in [7, 11) is -1.16. The first-order chi connectivity index (χ1) is 11.4. The van der Waals surface area contributed by atoms with Crippen LogP contribution in [-0.4, -0.2) is 46.8 Å². The molecule has 24 heavy (non-hydrogen) atoms. The lowest BCUT2D eigenvalue weighted by Gasteiger charge is -2.12. The molecule has 3 rings (SSSR count). The molecule has 1 fully saturated rings. The van der Waals surface area contributed by atoms with Crippen molar-refractivity contribution in [3.8, 4) is 11.1 Å². The molecule has 9 heteroatoms. The minimum atomic E-state index is -3.00. The van der Waals surface area contributed by atoms with Crippen molar-refractivity contribution in [3.05, 3.63) is 36.4 Å². The van der Waals surface area contributed by atoms with E-state index in [1.807, 2.05) is 19.3 Å². The monoisotopic (exact) mass is 349 g/mol. The Morgan fingerprint density at radius 1 is 1.33 bits per heavy atom. The van der Waals surface area contributed by atoms with Crippen molar-refractivity contribution in [2.45, 2.75) is 19.0 Å². The lowest BCUT2D eigenvalue weighted by Crippen LogP contribution is -2.42. The van der Waals surface area contributed by atoms with Crippen LogP contribution in [0.15, 0.2) is 30.9 Å². The third-order valence-electron chi connectivity index (χ3n) is 3.85. The molecule has 0 aliphatic carbocycles. The molecular formula is C15H19N5O3S. The summed E-state index contributed by atoms with van der Waals surface area (Å²) in [5.41, 5.74) is 2.72. The molecular weight excluding hydrogens is 330 g/mol. The number of urea groups is 1. The first-order valence-corrected chi connectivity index (χ1v) is 9.41. The number of rotatable bonds is 4. The Balaban J connectivity index is 1.56. The van der Waals surface area contributed by atoms with E-state index < -0.39 is 9.84 Å². The molecule has 2 amide bonds. The fourth-order valence-corrected chi connectivity index (χ4v) is 4.31. The second-order valence-corrected chi connectivity index (χ2v) is 8.14. The highest BCUT2D eigenvalue weighted by Gasteiger charge is 2.28. The van der Waals surface area contributed by atoms with Crippen molar-refractivity contribution >= 4 is 15.9 Å². The number of hydrogen-bond acceptors (Lipinski definition) is 5. The summed E-state index contributed by atoms with van der Waals surface area (Å²) in [5, 5.41) is 9.55. The van der Waals surface area contributed by atoms with Gasteiger partial charge < -0.3 is 10.6 Å². The van der Waals surface area contributed by atoms with Crippen molar-refractivity contribution in [1.29, 1.82) is 0 Å². The zero-order valence-corrected chi connectivity index (χ0v) is 14.1. The number of aromatic nitrogens is 3. The molecule has 0 aromatic carbocycles. The number of aryl methyl sites for hydroxylation is 1. The van der Waals surface area contributed by atoms with Gasteiger partial charge in [0.25, 0.3) is 0 Å². The van der Waals surface area contributed by atoms with Gasteiger partial charge in [-0.2, -0.15) is 5.10 Å². The molecule has 3 heterocycles. The number of carbonyl (C=O) groups excluding carboxylic acids is 1. The van der Waals surface area contributed by atoms with E-state index in [2.05, 4.69) is 20.7 Å². The Labute approximate surface area is 140 Å². The number of pyridine rings is 1. The third kappa shape index (κ3) is 4.10. The molecule has 128 valence electrons. The van der Waals surface area contributed by atoms with Crippen LogP contribution < -0.4 is 10.6 Å². The van der Waals surface area contributed by atoms with Crippen LogP contribution in [-0.2, 0) is 23.4 Å². The van der Waals surface area contributed by atoms with Gasteiger partial charge in [-0.3, -0.25) is 9.67 Å². The minimum Gasteiger partial charge on any atom is -0.334 e. The van der Waals surface area contributed by atoms with E-state index in [1.54, 1.807) is 23.3 Å². The summed E-state index contributed by atoms with van der Waals surface area (Å²) < 4.78 is 24.5. The van der Waals surface area contributed by atoms with Gasteiger partial charge >= 0.3 is 6.03 Å². The SMILES string of the molecule is Cn1cc(-c2cncc(CNC(=O)NC3CCS(=O)(=O)C3)c2)cn1. The zero-order chi connectivity index (χ0) is 17.2. The van der Waals surface area contributed by atoms with Crippen LogP contribution in [0.25, 0.3) is 11.1 Å². The molecule has 1 aliphatic heterocycles. The van der Waals surface area contributed by atoms with Gasteiger partial charge in [-0.1, -0.05) is 0 Å². The zero-order valence-electron chi connectivity index (χ0n) is 13.3. The Bertz CT molecular complexity index is 846. The highest BCUT2D eigenvalue weighted by atomic mass is 32.2. The average Bonchev–Trinajstić information content (AvgIpc) is 3.11. The van der Waals surface area contributed by atoms with Gasteiger partial charge in [0.1, 0.15) is 0 Å². The molecule has 2 aromatic heterocycles. The number of hydrogen-bond donors (Lipinski definition) is 2. The van der Waals surface area contributed by atoms with Gasteiger partial charge in [-0.05, 0) is 18.1 Å². The van der Waals surface area contributed by atoms with Crippen molar-refractivity contribution in [2.75, 3.05) is 11.5 Å². The van der Waals surface area contributed by atoms with Crippen LogP contribution in [0.5, 0.6) is 0 Å². The summed E-state index contributed by atoms with van der Waals surface area (Å²) >= 11 is 0. The van der Waals surface area contributed by atoms with Gasteiger partial charge in [0, 0.05) is 49.4 Å². The topological polar surface area (TPSA) is 106 Å². The van der Waals surface area contributed by atoms with Crippen LogP contribution in [0, 0.1) is 0 Å². The van der Waals surface area contributed by atoms with E-state index in [0.29, 0.717) is 13.0 Å². The van der Waals surface area contributed by atoms with Crippen molar-refractivity contribution in [2.24, 2.45) is 7.05 Å². The van der Waals surface area contributed by atoms with E-state index in [0.717, 1.165) is 16.7 Å². The maximum Gasteiger partial charge on any atom is 0.315 e. The van der Waals surface area contributed by atoms with Gasteiger partial charge in [0.2, 0.25) is 0 Å². The predicted molar refractivity (Wildman–Crippen MR) is 88.9 cm³/mol. The van der Waals surface area contributed by atoms with Crippen LogP contribution in [0.1, 0.15) is 12.0 Å². The van der Waals surface area contributed by atoms with Crippen molar-refractivity contribution in [3.63, 3.8) is 0 Å². The van der Waals surface area contributed by atoms with E-state index in [1.165, 1.54) is 0 Å². The van der Waals surface area contributed by atoms with Gasteiger partial charge in [0.05, 0.1) is 17.7 Å². The third-order valence-corrected chi connectivity index (χ3v) is 5.62. The molecule has 1 unspecified atom stereocenters. The lowest BCUT2D eigenvalue weighted by molar-refractivity contribution is 0.237. The maximum absolute atomic E-state index is 11.9. The molecule has 8 nitrogen and oxygen atoms in total. The minimum absolute atomic E-state index is 0.0124. The van der Waals surface area contributed by atoms with E-state index >= 15 is 0 Å². The van der Waals surface area contributed by atoms with Crippen LogP contribution >= 0.6 is 0 Å². The number of amides is 2. The fourth-order valence-electron chi connectivity index (χ4n) is 2.64. The average molecular weight is 349 g/mol. The largest absolute Gasteiger partial charge is 0.334 e. The molecule has 2 N–H and O–H groups in total. The number of nitrogens with zero attached hydrogens (tertiary/aromatic N) is 3. The van der Waals surface area contributed by atoms with E-state index in [-0.39, 0.29) is 23.6 Å².